The molecule has 0 bridgehead atoms. The molecule has 0 aliphatic heterocycles. The Kier molecular flexibility index (Phi) is 4.18. The van der Waals surface area contributed by atoms with E-state index in [0.29, 0.717) is 0 Å². The maximum Gasteiger partial charge on any atom is 0.146 e. The van der Waals surface area contributed by atoms with Crippen LogP contribution in [0.25, 0.3) is 0 Å². The zero-order valence-corrected chi connectivity index (χ0v) is 7.46. The number of allylic oxidation sites excluding steroid dienone is 2. The average molecular weight is 154 g/mol. The van der Waals surface area contributed by atoms with Crippen molar-refractivity contribution in [1.82, 2.24) is 5.01 Å². The second-order valence-electron chi connectivity index (χ2n) is 2.58. The lowest BCUT2D eigenvalue weighted by Crippen LogP contribution is -2.02. The Morgan fingerprint density at radius 3 is 2.18 bits per heavy atom. The van der Waals surface area contributed by atoms with Crippen LogP contribution in [0.15, 0.2) is 16.2 Å². The molecule has 0 aliphatic carbocycles. The Balaban J connectivity index is 4.26. The van der Waals surface area contributed by atoms with E-state index in [0.717, 1.165) is 17.4 Å². The van der Waals surface area contributed by atoms with Crippen LogP contribution in [0.5, 0.6) is 0 Å². The highest BCUT2D eigenvalue weighted by Crippen LogP contribution is 1.96. The number of rotatable bonds is 3. The van der Waals surface area contributed by atoms with Gasteiger partial charge in [0.15, 0.2) is 0 Å². The number of carbonyl (C=O) groups is 1. The highest BCUT2D eigenvalue weighted by atomic mass is 16.1. The Labute approximate surface area is 67.4 Å². The maximum atomic E-state index is 10.3. The molecular weight excluding hydrogens is 140 g/mol. The summed E-state index contributed by atoms with van der Waals surface area (Å²) in [6.45, 7) is 3.63. The van der Waals surface area contributed by atoms with Gasteiger partial charge in [0.2, 0.25) is 0 Å². The molecule has 0 aromatic rings. The first-order valence-corrected chi connectivity index (χ1v) is 3.42. The molecule has 0 unspecified atom stereocenters. The maximum absolute atomic E-state index is 10.3. The van der Waals surface area contributed by atoms with Crippen LogP contribution in [0.4, 0.5) is 0 Å². The zero-order chi connectivity index (χ0) is 8.85. The Morgan fingerprint density at radius 1 is 1.27 bits per heavy atom. The summed E-state index contributed by atoms with van der Waals surface area (Å²) in [5, 5.41) is 5.67. The first-order valence-electron chi connectivity index (χ1n) is 3.42. The lowest BCUT2D eigenvalue weighted by molar-refractivity contribution is -0.104. The summed E-state index contributed by atoms with van der Waals surface area (Å²) in [7, 11) is 3.67. The van der Waals surface area contributed by atoms with Gasteiger partial charge in [0.05, 0.1) is 6.21 Å². The quantitative estimate of drug-likeness (QED) is 0.263. The van der Waals surface area contributed by atoms with Crippen molar-refractivity contribution in [3.63, 3.8) is 0 Å². The number of hydrogen-bond donors (Lipinski definition) is 0. The largest absolute Gasteiger partial charge is 0.303 e. The van der Waals surface area contributed by atoms with Crippen molar-refractivity contribution in [3.05, 3.63) is 11.1 Å². The normalized spacial score (nSPS) is 13.1. The third-order valence-electron chi connectivity index (χ3n) is 1.28. The van der Waals surface area contributed by atoms with Crippen molar-refractivity contribution in [1.29, 1.82) is 0 Å². The minimum atomic E-state index is 0.718. The van der Waals surface area contributed by atoms with Gasteiger partial charge in [0.25, 0.3) is 0 Å². The van der Waals surface area contributed by atoms with E-state index in [1.165, 1.54) is 0 Å². The molecule has 62 valence electrons. The predicted octanol–water partition coefficient (Wildman–Crippen LogP) is 1.07. The first kappa shape index (κ1) is 9.88. The van der Waals surface area contributed by atoms with Crippen LogP contribution in [-0.2, 0) is 4.79 Å². The molecular formula is C8H14N2O. The first-order chi connectivity index (χ1) is 5.07. The van der Waals surface area contributed by atoms with Crippen LogP contribution in [-0.4, -0.2) is 31.6 Å². The molecule has 0 amide bonds. The molecule has 0 aliphatic rings. The molecule has 11 heavy (non-hydrogen) atoms. The summed E-state index contributed by atoms with van der Waals surface area (Å²) in [6, 6.07) is 0. The van der Waals surface area contributed by atoms with Gasteiger partial charge in [-0.1, -0.05) is 0 Å². The molecule has 0 atom stereocenters. The van der Waals surface area contributed by atoms with Gasteiger partial charge in [0.1, 0.15) is 6.29 Å². The molecule has 0 saturated heterocycles. The number of carbonyl (C=O) groups excluding carboxylic acids is 1. The summed E-state index contributed by atoms with van der Waals surface area (Å²) in [5.74, 6) is 0. The van der Waals surface area contributed by atoms with Crippen LogP contribution in [0.2, 0.25) is 0 Å². The lowest BCUT2D eigenvalue weighted by Gasteiger charge is -2.02. The summed E-state index contributed by atoms with van der Waals surface area (Å²) in [6.07, 6.45) is 2.50. The fraction of sp³-hybridized carbons (Fsp3) is 0.500. The third kappa shape index (κ3) is 4.31. The standard InChI is InChI=1S/C8H14N2O/c1-7(8(2)6-11)5-9-10(3)4/h5-6H,1-4H3/b8-7-,9-5-. The Hall–Kier alpha value is -1.12. The highest BCUT2D eigenvalue weighted by molar-refractivity contribution is 5.87. The minimum Gasteiger partial charge on any atom is -0.303 e. The van der Waals surface area contributed by atoms with Gasteiger partial charge in [-0.2, -0.15) is 5.10 Å². The van der Waals surface area contributed by atoms with Gasteiger partial charge in [-0.15, -0.1) is 0 Å². The zero-order valence-electron chi connectivity index (χ0n) is 7.46. The molecule has 0 saturated carbocycles. The van der Waals surface area contributed by atoms with Gasteiger partial charge in [-0.25, -0.2) is 0 Å². The van der Waals surface area contributed by atoms with Crippen molar-refractivity contribution >= 4 is 12.5 Å². The van der Waals surface area contributed by atoms with Crippen molar-refractivity contribution in [2.24, 2.45) is 5.10 Å². The third-order valence-corrected chi connectivity index (χ3v) is 1.28. The van der Waals surface area contributed by atoms with Crippen molar-refractivity contribution < 1.29 is 4.79 Å². The van der Waals surface area contributed by atoms with E-state index in [2.05, 4.69) is 5.10 Å². The summed E-state index contributed by atoms with van der Waals surface area (Å²) >= 11 is 0. The predicted molar refractivity (Wildman–Crippen MR) is 46.6 cm³/mol. The highest BCUT2D eigenvalue weighted by Gasteiger charge is 1.90. The Bertz CT molecular complexity index is 192. The van der Waals surface area contributed by atoms with Gasteiger partial charge in [-0.05, 0) is 25.0 Å². The monoisotopic (exact) mass is 154 g/mol. The number of aldehydes is 1. The second-order valence-corrected chi connectivity index (χ2v) is 2.58. The van der Waals surface area contributed by atoms with Crippen molar-refractivity contribution in [2.75, 3.05) is 14.1 Å². The molecule has 0 N–H and O–H groups in total. The van der Waals surface area contributed by atoms with E-state index >= 15 is 0 Å². The fourth-order valence-corrected chi connectivity index (χ4v) is 0.397. The topological polar surface area (TPSA) is 32.7 Å². The molecule has 3 heteroatoms. The average Bonchev–Trinajstić information content (AvgIpc) is 1.98. The smallest absolute Gasteiger partial charge is 0.146 e. The fourth-order valence-electron chi connectivity index (χ4n) is 0.397. The van der Waals surface area contributed by atoms with E-state index in [9.17, 15) is 4.79 Å². The van der Waals surface area contributed by atoms with Crippen LogP contribution in [0.3, 0.4) is 0 Å². The molecule has 0 aromatic heterocycles. The number of hydrogen-bond acceptors (Lipinski definition) is 3. The Morgan fingerprint density at radius 2 is 1.82 bits per heavy atom. The van der Waals surface area contributed by atoms with Gasteiger partial charge in [0, 0.05) is 14.1 Å². The lowest BCUT2D eigenvalue weighted by atomic mass is 10.2. The molecule has 0 fully saturated rings. The van der Waals surface area contributed by atoms with E-state index in [-0.39, 0.29) is 0 Å². The number of nitrogens with zero attached hydrogens (tertiary/aromatic N) is 2. The summed E-state index contributed by atoms with van der Waals surface area (Å²) in [4.78, 5) is 10.3. The summed E-state index contributed by atoms with van der Waals surface area (Å²) < 4.78 is 0. The van der Waals surface area contributed by atoms with E-state index in [1.54, 1.807) is 18.1 Å². The molecule has 0 aromatic carbocycles. The van der Waals surface area contributed by atoms with E-state index in [4.69, 9.17) is 0 Å². The van der Waals surface area contributed by atoms with Gasteiger partial charge < -0.3 is 5.01 Å². The van der Waals surface area contributed by atoms with Gasteiger partial charge in [-0.3, -0.25) is 4.79 Å². The van der Waals surface area contributed by atoms with E-state index < -0.39 is 0 Å². The molecule has 0 spiro atoms. The van der Waals surface area contributed by atoms with Crippen LogP contribution >= 0.6 is 0 Å². The minimum absolute atomic E-state index is 0.718. The van der Waals surface area contributed by atoms with E-state index in [1.807, 2.05) is 21.0 Å². The SMILES string of the molecule is C/C(C=O)=C(C)/C=N\N(C)C. The van der Waals surface area contributed by atoms with Crippen molar-refractivity contribution in [2.45, 2.75) is 13.8 Å². The van der Waals surface area contributed by atoms with Crippen LogP contribution in [0, 0.1) is 0 Å². The molecule has 0 heterocycles. The summed E-state index contributed by atoms with van der Waals surface area (Å²) in [5.41, 5.74) is 1.62. The molecule has 0 radical (unpaired) electrons. The number of hydrazone groups is 1. The van der Waals surface area contributed by atoms with Crippen molar-refractivity contribution in [3.8, 4) is 0 Å². The molecule has 0 rings (SSSR count). The molecule has 3 nitrogen and oxygen atoms in total. The van der Waals surface area contributed by atoms with Crippen LogP contribution in [0.1, 0.15) is 13.8 Å². The van der Waals surface area contributed by atoms with Gasteiger partial charge >= 0.3 is 0 Å². The second kappa shape index (κ2) is 4.66. The van der Waals surface area contributed by atoms with Crippen LogP contribution < -0.4 is 0 Å².